The summed E-state index contributed by atoms with van der Waals surface area (Å²) in [7, 11) is 0. The maximum absolute atomic E-state index is 12.8. The summed E-state index contributed by atoms with van der Waals surface area (Å²) < 4.78 is 16.2. The minimum absolute atomic E-state index is 0.138. The van der Waals surface area contributed by atoms with Gasteiger partial charge in [0.1, 0.15) is 11.3 Å². The Kier molecular flexibility index (Phi) is 6.42. The van der Waals surface area contributed by atoms with Gasteiger partial charge < -0.3 is 14.0 Å². The van der Waals surface area contributed by atoms with E-state index >= 15 is 0 Å². The van der Waals surface area contributed by atoms with E-state index < -0.39 is 11.4 Å². The summed E-state index contributed by atoms with van der Waals surface area (Å²) >= 11 is 0. The minimum Gasteiger partial charge on any atom is -0.465 e. The van der Waals surface area contributed by atoms with Gasteiger partial charge in [-0.3, -0.25) is 4.79 Å². The second-order valence-electron chi connectivity index (χ2n) is 8.78. The highest BCUT2D eigenvalue weighted by Gasteiger charge is 2.52. The first kappa shape index (κ1) is 23.5. The van der Waals surface area contributed by atoms with Crippen molar-refractivity contribution in [1.29, 1.82) is 0 Å². The molecule has 0 amide bonds. The van der Waals surface area contributed by atoms with Gasteiger partial charge in [-0.25, -0.2) is 4.79 Å². The number of aromatic nitrogens is 1. The van der Waals surface area contributed by atoms with E-state index in [1.165, 1.54) is 0 Å². The maximum atomic E-state index is 12.8. The number of hydrogen-bond acceptors (Lipinski definition) is 6. The molecule has 5 rings (SSSR count). The van der Waals surface area contributed by atoms with Crippen molar-refractivity contribution < 1.29 is 23.6 Å². The average Bonchev–Trinajstić information content (AvgIpc) is 3.61. The zero-order chi connectivity index (χ0) is 25.1. The van der Waals surface area contributed by atoms with Crippen LogP contribution in [-0.2, 0) is 19.7 Å². The molecule has 6 heteroatoms. The number of rotatable bonds is 8. The molecular formula is C30H27NO5. The van der Waals surface area contributed by atoms with E-state index in [0.717, 1.165) is 40.7 Å². The van der Waals surface area contributed by atoms with Crippen LogP contribution in [0.2, 0.25) is 0 Å². The fourth-order valence-corrected chi connectivity index (χ4v) is 4.47. The molecule has 1 heterocycles. The zero-order valence-corrected chi connectivity index (χ0v) is 20.3. The summed E-state index contributed by atoms with van der Waals surface area (Å²) in [4.78, 5) is 25.2. The number of ether oxygens (including phenoxy) is 2. The van der Waals surface area contributed by atoms with Crippen LogP contribution in [0.5, 0.6) is 0 Å². The summed E-state index contributed by atoms with van der Waals surface area (Å²) in [6, 6.07) is 25.3. The molecule has 1 saturated carbocycles. The Labute approximate surface area is 209 Å². The number of carbonyl (C=O) groups is 2. The summed E-state index contributed by atoms with van der Waals surface area (Å²) in [6.07, 6.45) is 1.65. The van der Waals surface area contributed by atoms with Crippen molar-refractivity contribution in [2.75, 3.05) is 13.2 Å². The highest BCUT2D eigenvalue weighted by atomic mass is 16.5. The molecule has 1 aliphatic carbocycles. The van der Waals surface area contributed by atoms with E-state index in [1.807, 2.05) is 85.8 Å². The third kappa shape index (κ3) is 4.31. The van der Waals surface area contributed by atoms with Crippen LogP contribution >= 0.6 is 0 Å². The van der Waals surface area contributed by atoms with Crippen molar-refractivity contribution in [1.82, 2.24) is 5.16 Å². The van der Waals surface area contributed by atoms with E-state index in [4.69, 9.17) is 14.0 Å². The van der Waals surface area contributed by atoms with Crippen molar-refractivity contribution in [3.63, 3.8) is 0 Å². The van der Waals surface area contributed by atoms with Crippen LogP contribution in [-0.4, -0.2) is 30.3 Å². The Bertz CT molecular complexity index is 1370. The number of nitrogens with zero attached hydrogens (tertiary/aromatic N) is 1. The predicted octanol–water partition coefficient (Wildman–Crippen LogP) is 6.45. The molecule has 0 unspecified atom stereocenters. The highest BCUT2D eigenvalue weighted by Crippen LogP contribution is 2.49. The lowest BCUT2D eigenvalue weighted by atomic mass is 9.93. The van der Waals surface area contributed by atoms with Gasteiger partial charge in [-0.05, 0) is 43.4 Å². The fourth-order valence-electron chi connectivity index (χ4n) is 4.47. The van der Waals surface area contributed by atoms with Crippen molar-refractivity contribution in [3.05, 3.63) is 90.0 Å². The van der Waals surface area contributed by atoms with Crippen LogP contribution in [0, 0.1) is 0 Å². The Morgan fingerprint density at radius 2 is 1.36 bits per heavy atom. The number of hydrogen-bond donors (Lipinski definition) is 0. The van der Waals surface area contributed by atoms with Gasteiger partial charge >= 0.3 is 11.9 Å². The quantitative estimate of drug-likeness (QED) is 0.269. The standard InChI is InChI=1S/C30H27NO5/c1-3-34-28(32)25-26(22-8-6-5-7-9-22)31-36-27(25)23-12-10-20(11-13-23)21-14-16-24(17-15-21)30(18-19-30)29(33)35-4-2/h5-17H,3-4,18-19H2,1-2H3. The molecule has 1 aromatic heterocycles. The van der Waals surface area contributed by atoms with E-state index in [9.17, 15) is 9.59 Å². The van der Waals surface area contributed by atoms with Gasteiger partial charge in [0.15, 0.2) is 5.76 Å². The van der Waals surface area contributed by atoms with E-state index in [2.05, 4.69) is 5.16 Å². The van der Waals surface area contributed by atoms with E-state index in [-0.39, 0.29) is 12.6 Å². The molecule has 182 valence electrons. The zero-order valence-electron chi connectivity index (χ0n) is 20.3. The van der Waals surface area contributed by atoms with Gasteiger partial charge in [0.25, 0.3) is 0 Å². The lowest BCUT2D eigenvalue weighted by Gasteiger charge is -2.14. The summed E-state index contributed by atoms with van der Waals surface area (Å²) in [5.41, 5.74) is 4.83. The van der Waals surface area contributed by atoms with Crippen LogP contribution < -0.4 is 0 Å². The molecule has 1 aliphatic rings. The fraction of sp³-hybridized carbons (Fsp3) is 0.233. The average molecular weight is 482 g/mol. The van der Waals surface area contributed by atoms with Crippen LogP contribution in [0.3, 0.4) is 0 Å². The Balaban J connectivity index is 1.43. The Hall–Kier alpha value is -4.19. The molecule has 4 aromatic rings. The van der Waals surface area contributed by atoms with Gasteiger partial charge in [-0.15, -0.1) is 0 Å². The molecule has 0 saturated heterocycles. The first-order chi connectivity index (χ1) is 17.6. The van der Waals surface area contributed by atoms with Crippen LogP contribution in [0.15, 0.2) is 83.4 Å². The Morgan fingerprint density at radius 3 is 1.94 bits per heavy atom. The largest absolute Gasteiger partial charge is 0.465 e. The molecule has 6 nitrogen and oxygen atoms in total. The first-order valence-corrected chi connectivity index (χ1v) is 12.2. The highest BCUT2D eigenvalue weighted by molar-refractivity contribution is 6.01. The summed E-state index contributed by atoms with van der Waals surface area (Å²) in [5, 5.41) is 4.20. The topological polar surface area (TPSA) is 78.6 Å². The third-order valence-corrected chi connectivity index (χ3v) is 6.55. The first-order valence-electron chi connectivity index (χ1n) is 12.2. The van der Waals surface area contributed by atoms with Gasteiger partial charge in [0.2, 0.25) is 0 Å². The van der Waals surface area contributed by atoms with Crippen LogP contribution in [0.1, 0.15) is 42.6 Å². The molecule has 0 spiro atoms. The lowest BCUT2D eigenvalue weighted by Crippen LogP contribution is -2.23. The summed E-state index contributed by atoms with van der Waals surface area (Å²) in [6.45, 7) is 4.24. The van der Waals surface area contributed by atoms with Gasteiger partial charge in [0, 0.05) is 11.1 Å². The van der Waals surface area contributed by atoms with Crippen molar-refractivity contribution in [3.8, 4) is 33.7 Å². The monoisotopic (exact) mass is 481 g/mol. The second-order valence-corrected chi connectivity index (χ2v) is 8.78. The summed E-state index contributed by atoms with van der Waals surface area (Å²) in [5.74, 6) is -0.233. The molecule has 1 fully saturated rings. The second kappa shape index (κ2) is 9.82. The van der Waals surface area contributed by atoms with Crippen molar-refractivity contribution in [2.45, 2.75) is 32.1 Å². The molecule has 0 atom stereocenters. The molecular weight excluding hydrogens is 454 g/mol. The van der Waals surface area contributed by atoms with Gasteiger partial charge in [0.05, 0.1) is 18.6 Å². The smallest absolute Gasteiger partial charge is 0.344 e. The van der Waals surface area contributed by atoms with Crippen LogP contribution in [0.25, 0.3) is 33.7 Å². The SMILES string of the molecule is CCOC(=O)c1c(-c2ccccc2)noc1-c1ccc(-c2ccc(C3(C(=O)OCC)CC3)cc2)cc1. The van der Waals surface area contributed by atoms with E-state index in [0.29, 0.717) is 23.6 Å². The number of esters is 2. The molecule has 3 aromatic carbocycles. The predicted molar refractivity (Wildman–Crippen MR) is 136 cm³/mol. The van der Waals surface area contributed by atoms with Gasteiger partial charge in [-0.1, -0.05) is 84.0 Å². The normalized spacial score (nSPS) is 13.7. The maximum Gasteiger partial charge on any atom is 0.344 e. The molecule has 36 heavy (non-hydrogen) atoms. The molecule has 0 radical (unpaired) electrons. The Morgan fingerprint density at radius 1 is 0.778 bits per heavy atom. The van der Waals surface area contributed by atoms with Gasteiger partial charge in [-0.2, -0.15) is 0 Å². The molecule has 0 bridgehead atoms. The van der Waals surface area contributed by atoms with Crippen LogP contribution in [0.4, 0.5) is 0 Å². The number of carbonyl (C=O) groups excluding carboxylic acids is 2. The van der Waals surface area contributed by atoms with Crippen molar-refractivity contribution in [2.24, 2.45) is 0 Å². The lowest BCUT2D eigenvalue weighted by molar-refractivity contribution is -0.146. The third-order valence-electron chi connectivity index (χ3n) is 6.55. The number of benzene rings is 3. The van der Waals surface area contributed by atoms with E-state index in [1.54, 1.807) is 6.92 Å². The minimum atomic E-state index is -0.482. The molecule has 0 aliphatic heterocycles. The van der Waals surface area contributed by atoms with Crippen molar-refractivity contribution >= 4 is 11.9 Å². The molecule has 0 N–H and O–H groups in total.